The van der Waals surface area contributed by atoms with Crippen LogP contribution in [-0.2, 0) is 41.1 Å². The van der Waals surface area contributed by atoms with Crippen molar-refractivity contribution in [3.63, 3.8) is 0 Å². The second kappa shape index (κ2) is 14.0. The highest BCUT2D eigenvalue weighted by Crippen LogP contribution is 2.40. The van der Waals surface area contributed by atoms with Gasteiger partial charge in [0.2, 0.25) is 22.2 Å². The summed E-state index contributed by atoms with van der Waals surface area (Å²) in [6, 6.07) is 19.7. The van der Waals surface area contributed by atoms with Crippen LogP contribution >= 0.6 is 0 Å². The SMILES string of the molecule is CC(OC(=O)NC(Cc1cccc(S(=O)(=O)N2CC(Oc3cccc(C(N)=O)c3)(c3ccccc3)C2)c1)C(=O)O)OC(=O)C(C)C. The average molecular weight is 654 g/mol. The van der Waals surface area contributed by atoms with E-state index in [1.165, 1.54) is 41.6 Å². The van der Waals surface area contributed by atoms with Gasteiger partial charge in [-0.2, -0.15) is 4.31 Å². The zero-order valence-corrected chi connectivity index (χ0v) is 26.2. The Morgan fingerprint density at radius 2 is 1.61 bits per heavy atom. The summed E-state index contributed by atoms with van der Waals surface area (Å²) in [6.07, 6.45) is -2.64. The zero-order valence-electron chi connectivity index (χ0n) is 25.4. The van der Waals surface area contributed by atoms with Gasteiger partial charge in [-0.1, -0.05) is 62.4 Å². The second-order valence-electron chi connectivity index (χ2n) is 11.1. The minimum atomic E-state index is -4.06. The molecule has 0 saturated carbocycles. The molecule has 46 heavy (non-hydrogen) atoms. The third-order valence-electron chi connectivity index (χ3n) is 7.19. The van der Waals surface area contributed by atoms with Crippen molar-refractivity contribution < 1.29 is 46.9 Å². The molecule has 244 valence electrons. The molecule has 13 nitrogen and oxygen atoms in total. The fraction of sp³-hybridized carbons (Fsp3) is 0.312. The summed E-state index contributed by atoms with van der Waals surface area (Å²) in [7, 11) is -4.06. The first-order chi connectivity index (χ1) is 21.7. The molecule has 1 aliphatic rings. The molecule has 3 aromatic carbocycles. The van der Waals surface area contributed by atoms with Gasteiger partial charge in [0, 0.05) is 18.9 Å². The number of nitrogens with one attached hydrogen (secondary N) is 1. The molecule has 0 aliphatic carbocycles. The third kappa shape index (κ3) is 8.00. The third-order valence-corrected chi connectivity index (χ3v) is 8.98. The summed E-state index contributed by atoms with van der Waals surface area (Å²) in [4.78, 5) is 47.6. The van der Waals surface area contributed by atoms with Crippen LogP contribution in [0.25, 0.3) is 0 Å². The molecule has 4 N–H and O–H groups in total. The van der Waals surface area contributed by atoms with E-state index >= 15 is 0 Å². The molecule has 1 aliphatic heterocycles. The average Bonchev–Trinajstić information content (AvgIpc) is 2.98. The van der Waals surface area contributed by atoms with Gasteiger partial charge in [0.1, 0.15) is 11.8 Å². The van der Waals surface area contributed by atoms with Gasteiger partial charge < -0.3 is 30.4 Å². The Hall–Kier alpha value is -4.95. The molecule has 2 amide bonds. The molecule has 0 radical (unpaired) electrons. The van der Waals surface area contributed by atoms with Crippen LogP contribution in [0, 0.1) is 5.92 Å². The maximum absolute atomic E-state index is 13.7. The minimum absolute atomic E-state index is 0.0465. The molecular formula is C32H35N3O10S. The van der Waals surface area contributed by atoms with Crippen molar-refractivity contribution in [2.24, 2.45) is 11.7 Å². The van der Waals surface area contributed by atoms with Crippen LogP contribution in [0.4, 0.5) is 4.79 Å². The number of ether oxygens (including phenoxy) is 3. The quantitative estimate of drug-likeness (QED) is 0.182. The maximum Gasteiger partial charge on any atom is 0.410 e. The van der Waals surface area contributed by atoms with Crippen LogP contribution in [0.1, 0.15) is 42.3 Å². The van der Waals surface area contributed by atoms with Gasteiger partial charge in [-0.15, -0.1) is 0 Å². The van der Waals surface area contributed by atoms with E-state index in [0.29, 0.717) is 11.3 Å². The number of benzene rings is 3. The minimum Gasteiger partial charge on any atom is -0.480 e. The Labute approximate surface area is 266 Å². The maximum atomic E-state index is 13.7. The number of primary amides is 1. The summed E-state index contributed by atoms with van der Waals surface area (Å²) in [5.41, 5.74) is 5.66. The lowest BCUT2D eigenvalue weighted by Gasteiger charge is -2.49. The van der Waals surface area contributed by atoms with Gasteiger partial charge in [0.15, 0.2) is 5.60 Å². The summed E-state index contributed by atoms with van der Waals surface area (Å²) < 4.78 is 44.9. The normalized spacial score (nSPS) is 15.6. The van der Waals surface area contributed by atoms with Crippen LogP contribution < -0.4 is 15.8 Å². The van der Waals surface area contributed by atoms with Gasteiger partial charge in [-0.25, -0.2) is 18.0 Å². The lowest BCUT2D eigenvalue weighted by molar-refractivity contribution is -0.169. The first-order valence-corrected chi connectivity index (χ1v) is 15.8. The Morgan fingerprint density at radius 3 is 2.24 bits per heavy atom. The topological polar surface area (TPSA) is 192 Å². The van der Waals surface area contributed by atoms with Crippen molar-refractivity contribution in [3.8, 4) is 5.75 Å². The number of rotatable bonds is 13. The van der Waals surface area contributed by atoms with E-state index in [2.05, 4.69) is 5.32 Å². The number of carboxylic acid groups (broad SMARTS) is 1. The van der Waals surface area contributed by atoms with E-state index in [1.54, 1.807) is 32.0 Å². The van der Waals surface area contributed by atoms with Crippen molar-refractivity contribution in [1.82, 2.24) is 9.62 Å². The van der Waals surface area contributed by atoms with E-state index in [-0.39, 0.29) is 30.0 Å². The summed E-state index contributed by atoms with van der Waals surface area (Å²) >= 11 is 0. The van der Waals surface area contributed by atoms with E-state index < -0.39 is 57.8 Å². The van der Waals surface area contributed by atoms with Crippen LogP contribution in [0.3, 0.4) is 0 Å². The van der Waals surface area contributed by atoms with Gasteiger partial charge >= 0.3 is 18.0 Å². The van der Waals surface area contributed by atoms with Crippen LogP contribution in [0.5, 0.6) is 5.75 Å². The summed E-state index contributed by atoms with van der Waals surface area (Å²) in [5, 5.41) is 11.9. The number of nitrogens with zero attached hydrogens (tertiary/aromatic N) is 1. The number of esters is 1. The Kier molecular flexibility index (Phi) is 10.3. The Morgan fingerprint density at radius 1 is 0.935 bits per heavy atom. The Balaban J connectivity index is 1.48. The predicted octanol–water partition coefficient (Wildman–Crippen LogP) is 3.03. The first-order valence-electron chi connectivity index (χ1n) is 14.3. The summed E-state index contributed by atoms with van der Waals surface area (Å²) in [6.45, 7) is 4.43. The van der Waals surface area contributed by atoms with Crippen LogP contribution in [0.2, 0.25) is 0 Å². The monoisotopic (exact) mass is 653 g/mol. The van der Waals surface area contributed by atoms with Gasteiger partial charge in [-0.3, -0.25) is 9.59 Å². The molecule has 2 atom stereocenters. The van der Waals surface area contributed by atoms with Gasteiger partial charge in [0.05, 0.1) is 23.9 Å². The van der Waals surface area contributed by atoms with Gasteiger partial charge in [-0.05, 0) is 41.5 Å². The van der Waals surface area contributed by atoms with Crippen molar-refractivity contribution in [2.75, 3.05) is 13.1 Å². The largest absolute Gasteiger partial charge is 0.480 e. The lowest BCUT2D eigenvalue weighted by Crippen LogP contribution is -2.64. The fourth-order valence-electron chi connectivity index (χ4n) is 4.75. The molecule has 4 rings (SSSR count). The molecule has 1 heterocycles. The highest BCUT2D eigenvalue weighted by molar-refractivity contribution is 7.89. The van der Waals surface area contributed by atoms with Crippen molar-refractivity contribution in [3.05, 3.63) is 95.6 Å². The molecular weight excluding hydrogens is 618 g/mol. The van der Waals surface area contributed by atoms with Crippen molar-refractivity contribution >= 4 is 34.0 Å². The number of aliphatic carboxylic acids is 1. The van der Waals surface area contributed by atoms with Crippen molar-refractivity contribution in [1.29, 1.82) is 0 Å². The predicted molar refractivity (Wildman–Crippen MR) is 164 cm³/mol. The standard InChI is InChI=1S/C32H35N3O10S/c1-20(2)30(39)43-21(3)44-31(40)34-27(29(37)38)16-22-9-7-14-26(15-22)46(41,42)35-18-32(19-35,24-11-5-4-6-12-24)45-25-13-8-10-23(17-25)28(33)36/h4-15,17,20-21,27H,16,18-19H2,1-3H3,(H2,33,36)(H,34,40)(H,37,38). The molecule has 0 bridgehead atoms. The molecule has 2 unspecified atom stereocenters. The molecule has 1 saturated heterocycles. The van der Waals surface area contributed by atoms with Gasteiger partial charge in [0.25, 0.3) is 0 Å². The summed E-state index contributed by atoms with van der Waals surface area (Å²) in [5.74, 6) is -2.72. The highest BCUT2D eigenvalue weighted by Gasteiger charge is 2.52. The zero-order chi connectivity index (χ0) is 33.6. The number of carbonyl (C=O) groups excluding carboxylic acids is 3. The van der Waals surface area contributed by atoms with E-state index in [0.717, 1.165) is 5.56 Å². The lowest BCUT2D eigenvalue weighted by atomic mass is 9.87. The second-order valence-corrected chi connectivity index (χ2v) is 13.0. The molecule has 3 aromatic rings. The number of nitrogens with two attached hydrogens (primary N) is 1. The number of carboxylic acids is 1. The molecule has 0 aromatic heterocycles. The molecule has 1 fully saturated rings. The first kappa shape index (κ1) is 33.9. The number of amides is 2. The molecule has 0 spiro atoms. The number of hydrogen-bond donors (Lipinski definition) is 3. The fourth-order valence-corrected chi connectivity index (χ4v) is 6.35. The van der Waals surface area contributed by atoms with E-state index in [1.807, 2.05) is 30.3 Å². The smallest absolute Gasteiger partial charge is 0.410 e. The van der Waals surface area contributed by atoms with E-state index in [9.17, 15) is 32.7 Å². The number of carbonyl (C=O) groups is 4. The number of sulfonamides is 1. The van der Waals surface area contributed by atoms with Crippen LogP contribution in [-0.4, -0.2) is 67.2 Å². The van der Waals surface area contributed by atoms with Crippen molar-refractivity contribution in [2.45, 2.75) is 50.0 Å². The van der Waals surface area contributed by atoms with Crippen LogP contribution in [0.15, 0.2) is 83.8 Å². The number of alkyl carbamates (subject to hydrolysis) is 1. The molecule has 14 heteroatoms. The number of hydrogen-bond acceptors (Lipinski definition) is 9. The highest BCUT2D eigenvalue weighted by atomic mass is 32.2. The Bertz CT molecular complexity index is 1710. The van der Waals surface area contributed by atoms with E-state index in [4.69, 9.17) is 19.9 Å².